The summed E-state index contributed by atoms with van der Waals surface area (Å²) in [7, 11) is 1.95. The van der Waals surface area contributed by atoms with Crippen molar-refractivity contribution in [3.63, 3.8) is 0 Å². The Morgan fingerprint density at radius 2 is 2.31 bits per heavy atom. The second-order valence-electron chi connectivity index (χ2n) is 3.20. The van der Waals surface area contributed by atoms with Crippen molar-refractivity contribution in [2.24, 2.45) is 12.8 Å². The van der Waals surface area contributed by atoms with Crippen molar-refractivity contribution in [3.8, 4) is 0 Å². The molecule has 0 aliphatic rings. The third-order valence-corrected chi connectivity index (χ3v) is 2.25. The molecular formula is C10H13N3. The highest BCUT2D eigenvalue weighted by Gasteiger charge is 1.99. The zero-order chi connectivity index (χ0) is 9.26. The molecule has 68 valence electrons. The molecule has 3 heteroatoms. The predicted molar refractivity (Wildman–Crippen MR) is 53.5 cm³/mol. The van der Waals surface area contributed by atoms with Crippen LogP contribution in [-0.2, 0) is 13.5 Å². The summed E-state index contributed by atoms with van der Waals surface area (Å²) in [5.41, 5.74) is 7.94. The fraction of sp³-hybridized carbons (Fsp3) is 0.300. The van der Waals surface area contributed by atoms with E-state index < -0.39 is 0 Å². The summed E-state index contributed by atoms with van der Waals surface area (Å²) in [4.78, 5) is 0. The van der Waals surface area contributed by atoms with E-state index in [-0.39, 0.29) is 0 Å². The fourth-order valence-electron chi connectivity index (χ4n) is 1.51. The number of hydrogen-bond acceptors (Lipinski definition) is 2. The number of hydrogen-bond donors (Lipinski definition) is 1. The molecule has 0 amide bonds. The Balaban J connectivity index is 2.53. The zero-order valence-electron chi connectivity index (χ0n) is 7.70. The average Bonchev–Trinajstić information content (AvgIpc) is 2.49. The minimum absolute atomic E-state index is 0.698. The average molecular weight is 175 g/mol. The van der Waals surface area contributed by atoms with Gasteiger partial charge in [0.2, 0.25) is 0 Å². The van der Waals surface area contributed by atoms with Crippen LogP contribution in [0, 0.1) is 0 Å². The van der Waals surface area contributed by atoms with E-state index in [9.17, 15) is 0 Å². The lowest BCUT2D eigenvalue weighted by Crippen LogP contribution is -2.02. The molecule has 0 spiro atoms. The predicted octanol–water partition coefficient (Wildman–Crippen LogP) is 1.07. The molecule has 1 heterocycles. The first-order valence-corrected chi connectivity index (χ1v) is 4.42. The lowest BCUT2D eigenvalue weighted by molar-refractivity contribution is 0.796. The third kappa shape index (κ3) is 1.42. The Hall–Kier alpha value is -1.35. The van der Waals surface area contributed by atoms with Gasteiger partial charge in [-0.2, -0.15) is 5.10 Å². The van der Waals surface area contributed by atoms with Crippen LogP contribution in [0.5, 0.6) is 0 Å². The molecule has 1 aromatic carbocycles. The quantitative estimate of drug-likeness (QED) is 0.742. The van der Waals surface area contributed by atoms with Crippen molar-refractivity contribution in [3.05, 3.63) is 30.0 Å². The van der Waals surface area contributed by atoms with Crippen LogP contribution in [0.3, 0.4) is 0 Å². The first-order chi connectivity index (χ1) is 6.31. The maximum absolute atomic E-state index is 5.50. The van der Waals surface area contributed by atoms with Crippen LogP contribution in [-0.4, -0.2) is 16.3 Å². The summed E-state index contributed by atoms with van der Waals surface area (Å²) in [5.74, 6) is 0. The molecule has 0 aliphatic carbocycles. The van der Waals surface area contributed by atoms with Crippen LogP contribution in [0.2, 0.25) is 0 Å². The first-order valence-electron chi connectivity index (χ1n) is 4.42. The summed E-state index contributed by atoms with van der Waals surface area (Å²) in [5, 5.41) is 5.37. The molecule has 13 heavy (non-hydrogen) atoms. The monoisotopic (exact) mass is 175 g/mol. The number of benzene rings is 1. The summed E-state index contributed by atoms with van der Waals surface area (Å²) >= 11 is 0. The van der Waals surface area contributed by atoms with Gasteiger partial charge in [0.15, 0.2) is 0 Å². The zero-order valence-corrected chi connectivity index (χ0v) is 7.70. The van der Waals surface area contributed by atoms with Gasteiger partial charge in [0, 0.05) is 12.4 Å². The second-order valence-corrected chi connectivity index (χ2v) is 3.20. The van der Waals surface area contributed by atoms with Gasteiger partial charge in [-0.05, 0) is 24.6 Å². The summed E-state index contributed by atoms with van der Waals surface area (Å²) in [6.07, 6.45) is 2.81. The number of aryl methyl sites for hydroxylation is 1. The Bertz CT molecular complexity index is 417. The topological polar surface area (TPSA) is 43.8 Å². The Morgan fingerprint density at radius 3 is 3.08 bits per heavy atom. The molecule has 0 aliphatic heterocycles. The van der Waals surface area contributed by atoms with Gasteiger partial charge in [-0.15, -0.1) is 0 Å². The summed E-state index contributed by atoms with van der Waals surface area (Å²) in [6.45, 7) is 0.698. The highest BCUT2D eigenvalue weighted by atomic mass is 15.2. The van der Waals surface area contributed by atoms with Crippen molar-refractivity contribution in [1.29, 1.82) is 0 Å². The van der Waals surface area contributed by atoms with Gasteiger partial charge in [-0.3, -0.25) is 4.68 Å². The van der Waals surface area contributed by atoms with E-state index in [0.717, 1.165) is 6.42 Å². The van der Waals surface area contributed by atoms with E-state index in [0.29, 0.717) is 6.54 Å². The van der Waals surface area contributed by atoms with Crippen LogP contribution in [0.4, 0.5) is 0 Å². The molecular weight excluding hydrogens is 162 g/mol. The Kier molecular flexibility index (Phi) is 2.02. The molecule has 0 atom stereocenters. The van der Waals surface area contributed by atoms with Crippen molar-refractivity contribution < 1.29 is 0 Å². The summed E-state index contributed by atoms with van der Waals surface area (Å²) < 4.78 is 1.88. The van der Waals surface area contributed by atoms with E-state index in [2.05, 4.69) is 23.3 Å². The van der Waals surface area contributed by atoms with Crippen molar-refractivity contribution in [2.45, 2.75) is 6.42 Å². The van der Waals surface area contributed by atoms with Gasteiger partial charge in [-0.25, -0.2) is 0 Å². The van der Waals surface area contributed by atoms with Gasteiger partial charge in [0.1, 0.15) is 0 Å². The van der Waals surface area contributed by atoms with Crippen molar-refractivity contribution in [1.82, 2.24) is 9.78 Å². The van der Waals surface area contributed by atoms with E-state index in [1.165, 1.54) is 16.5 Å². The number of fused-ring (bicyclic) bond motifs is 1. The van der Waals surface area contributed by atoms with E-state index >= 15 is 0 Å². The Labute approximate surface area is 77.2 Å². The largest absolute Gasteiger partial charge is 0.330 e. The minimum atomic E-state index is 0.698. The fourth-order valence-corrected chi connectivity index (χ4v) is 1.51. The molecule has 2 N–H and O–H groups in total. The number of aromatic nitrogens is 2. The molecule has 1 aromatic heterocycles. The van der Waals surface area contributed by atoms with Gasteiger partial charge in [0.25, 0.3) is 0 Å². The molecule has 0 saturated heterocycles. The number of nitrogens with two attached hydrogens (primary N) is 1. The van der Waals surface area contributed by atoms with Gasteiger partial charge < -0.3 is 5.73 Å². The maximum Gasteiger partial charge on any atom is 0.0681 e. The SMILES string of the molecule is Cn1ncc2ccc(CCN)cc21. The molecule has 0 fully saturated rings. The normalized spacial score (nSPS) is 10.9. The van der Waals surface area contributed by atoms with Gasteiger partial charge >= 0.3 is 0 Å². The third-order valence-electron chi connectivity index (χ3n) is 2.25. The van der Waals surface area contributed by atoms with Gasteiger partial charge in [0.05, 0.1) is 11.7 Å². The molecule has 0 bridgehead atoms. The number of nitrogens with zero attached hydrogens (tertiary/aromatic N) is 2. The molecule has 2 rings (SSSR count). The number of rotatable bonds is 2. The molecule has 2 aromatic rings. The second kappa shape index (κ2) is 3.18. The highest BCUT2D eigenvalue weighted by molar-refractivity contribution is 5.79. The van der Waals surface area contributed by atoms with Crippen molar-refractivity contribution in [2.75, 3.05) is 6.54 Å². The first kappa shape index (κ1) is 8.26. The minimum Gasteiger partial charge on any atom is -0.330 e. The van der Waals surface area contributed by atoms with Crippen LogP contribution in [0.15, 0.2) is 24.4 Å². The maximum atomic E-state index is 5.50. The summed E-state index contributed by atoms with van der Waals surface area (Å²) in [6, 6.07) is 6.35. The smallest absolute Gasteiger partial charge is 0.0681 e. The van der Waals surface area contributed by atoms with Gasteiger partial charge in [-0.1, -0.05) is 12.1 Å². The lowest BCUT2D eigenvalue weighted by atomic mass is 10.1. The highest BCUT2D eigenvalue weighted by Crippen LogP contribution is 2.14. The van der Waals surface area contributed by atoms with E-state index in [1.807, 2.05) is 17.9 Å². The molecule has 0 saturated carbocycles. The van der Waals surface area contributed by atoms with E-state index in [4.69, 9.17) is 5.73 Å². The van der Waals surface area contributed by atoms with E-state index in [1.54, 1.807) is 0 Å². The molecule has 0 unspecified atom stereocenters. The standard InChI is InChI=1S/C10H13N3/c1-13-10-6-8(4-5-11)2-3-9(10)7-12-13/h2-3,6-7H,4-5,11H2,1H3. The molecule has 0 radical (unpaired) electrons. The van der Waals surface area contributed by atoms with Crippen LogP contribution >= 0.6 is 0 Å². The van der Waals surface area contributed by atoms with Crippen molar-refractivity contribution >= 4 is 10.9 Å². The Morgan fingerprint density at radius 1 is 1.46 bits per heavy atom. The molecule has 3 nitrogen and oxygen atoms in total. The van der Waals surface area contributed by atoms with Crippen LogP contribution in [0.25, 0.3) is 10.9 Å². The lowest BCUT2D eigenvalue weighted by Gasteiger charge is -1.99. The van der Waals surface area contributed by atoms with Crippen LogP contribution in [0.1, 0.15) is 5.56 Å². The van der Waals surface area contributed by atoms with Crippen LogP contribution < -0.4 is 5.73 Å².